The summed E-state index contributed by atoms with van der Waals surface area (Å²) in [6.45, 7) is 9.55. The minimum absolute atomic E-state index is 0.316. The molecule has 2 aliphatic rings. The van der Waals surface area contributed by atoms with Gasteiger partial charge in [-0.05, 0) is 60.9 Å². The predicted molar refractivity (Wildman–Crippen MR) is 119 cm³/mol. The quantitative estimate of drug-likeness (QED) is 0.475. The van der Waals surface area contributed by atoms with Crippen LogP contribution in [0.4, 0.5) is 16.4 Å². The number of carbonyl (C=O) groups is 1. The van der Waals surface area contributed by atoms with Gasteiger partial charge in [0.05, 0.1) is 25.4 Å². The number of hydrogen-bond acceptors (Lipinski definition) is 6. The van der Waals surface area contributed by atoms with Crippen LogP contribution in [0, 0.1) is 3.57 Å². The highest BCUT2D eigenvalue weighted by Crippen LogP contribution is 2.28. The normalized spacial score (nSPS) is 22.8. The van der Waals surface area contributed by atoms with Crippen LogP contribution in [0.1, 0.15) is 39.5 Å². The van der Waals surface area contributed by atoms with Gasteiger partial charge in [0, 0.05) is 29.7 Å². The van der Waals surface area contributed by atoms with E-state index in [1.165, 1.54) is 3.57 Å². The lowest BCUT2D eigenvalue weighted by molar-refractivity contribution is 0.122. The zero-order valence-electron chi connectivity index (χ0n) is 16.9. The number of amides is 1. The molecule has 1 N–H and O–H groups in total. The minimum Gasteiger partial charge on any atom is -0.450 e. The van der Waals surface area contributed by atoms with Gasteiger partial charge in [-0.2, -0.15) is 0 Å². The third kappa shape index (κ3) is 5.85. The summed E-state index contributed by atoms with van der Waals surface area (Å²) in [5, 5.41) is 3.09. The van der Waals surface area contributed by atoms with E-state index in [-0.39, 0.29) is 11.6 Å². The van der Waals surface area contributed by atoms with Crippen molar-refractivity contribution in [1.29, 1.82) is 0 Å². The maximum Gasteiger partial charge on any atom is 0.407 e. The smallest absolute Gasteiger partial charge is 0.407 e. The first-order valence-corrected chi connectivity index (χ1v) is 11.3. The van der Waals surface area contributed by atoms with Gasteiger partial charge in [0.2, 0.25) is 0 Å². The summed E-state index contributed by atoms with van der Waals surface area (Å²) in [4.78, 5) is 21.7. The number of ether oxygens (including phenoxy) is 2. The Morgan fingerprint density at radius 2 is 2.00 bits per heavy atom. The van der Waals surface area contributed by atoms with E-state index in [4.69, 9.17) is 14.5 Å². The van der Waals surface area contributed by atoms with Crippen LogP contribution in [0.2, 0.25) is 0 Å². The van der Waals surface area contributed by atoms with Crippen molar-refractivity contribution in [2.75, 3.05) is 55.8 Å². The van der Waals surface area contributed by atoms with Gasteiger partial charge in [-0.25, -0.2) is 9.78 Å². The molecule has 0 aromatic carbocycles. The summed E-state index contributed by atoms with van der Waals surface area (Å²) >= 11 is 2.36. The average Bonchev–Trinajstić information content (AvgIpc) is 2.68. The van der Waals surface area contributed by atoms with Gasteiger partial charge in [0.1, 0.15) is 11.6 Å². The van der Waals surface area contributed by atoms with E-state index < -0.39 is 0 Å². The number of rotatable bonds is 6. The van der Waals surface area contributed by atoms with Crippen LogP contribution in [-0.4, -0.2) is 62.6 Å². The van der Waals surface area contributed by atoms with E-state index in [9.17, 15) is 4.79 Å². The van der Waals surface area contributed by atoms with Crippen LogP contribution in [0.15, 0.2) is 12.1 Å². The van der Waals surface area contributed by atoms with Crippen molar-refractivity contribution >= 4 is 40.3 Å². The molecule has 0 aliphatic carbocycles. The highest BCUT2D eigenvalue weighted by Gasteiger charge is 2.34. The van der Waals surface area contributed by atoms with Gasteiger partial charge in [0.15, 0.2) is 0 Å². The Balaban J connectivity index is 1.67. The monoisotopic (exact) mass is 502 g/mol. The Hall–Kier alpha value is -1.29. The second-order valence-electron chi connectivity index (χ2n) is 7.80. The van der Waals surface area contributed by atoms with Crippen molar-refractivity contribution in [2.45, 2.75) is 45.1 Å². The number of morpholine rings is 1. The van der Waals surface area contributed by atoms with E-state index in [0.717, 1.165) is 76.7 Å². The van der Waals surface area contributed by atoms with Crippen LogP contribution < -0.4 is 15.1 Å². The molecule has 3 heterocycles. The molecule has 2 saturated heterocycles. The third-order valence-electron chi connectivity index (χ3n) is 5.25. The standard InChI is InChI=1S/C20H31IN4O3/c1-3-4-10-28-19(26)23-20(2)6-5-7-25(15-20)18-14-16(21)13-17(22-18)24-8-11-27-12-9-24/h13-14H,3-12,15H2,1-2H3,(H,23,26)/t20-/m0/s1. The highest BCUT2D eigenvalue weighted by atomic mass is 127. The van der Waals surface area contributed by atoms with E-state index in [0.29, 0.717) is 6.61 Å². The molecule has 7 nitrogen and oxygen atoms in total. The fraction of sp³-hybridized carbons (Fsp3) is 0.700. The lowest BCUT2D eigenvalue weighted by Crippen LogP contribution is -2.57. The summed E-state index contributed by atoms with van der Waals surface area (Å²) in [5.74, 6) is 1.98. The maximum atomic E-state index is 12.2. The molecule has 8 heteroatoms. The summed E-state index contributed by atoms with van der Waals surface area (Å²) in [7, 11) is 0. The molecule has 0 bridgehead atoms. The minimum atomic E-state index is -0.317. The van der Waals surface area contributed by atoms with Crippen molar-refractivity contribution in [2.24, 2.45) is 0 Å². The summed E-state index contributed by atoms with van der Waals surface area (Å²) in [6.07, 6.45) is 3.54. The third-order valence-corrected chi connectivity index (χ3v) is 5.88. The number of nitrogens with zero attached hydrogens (tertiary/aromatic N) is 3. The van der Waals surface area contributed by atoms with Gasteiger partial charge in [-0.1, -0.05) is 13.3 Å². The number of alkyl carbamates (subject to hydrolysis) is 1. The second kappa shape index (κ2) is 9.96. The molecule has 1 aromatic rings. The number of anilines is 2. The molecule has 1 amide bonds. The SMILES string of the molecule is CCCCOC(=O)N[C@@]1(C)CCCN(c2cc(I)cc(N3CCOCC3)n2)C1. The molecule has 28 heavy (non-hydrogen) atoms. The van der Waals surface area contributed by atoms with Crippen LogP contribution in [0.5, 0.6) is 0 Å². The first kappa shape index (κ1) is 21.4. The van der Waals surface area contributed by atoms with Crippen LogP contribution >= 0.6 is 22.6 Å². The number of aromatic nitrogens is 1. The molecule has 0 radical (unpaired) electrons. The molecule has 0 unspecified atom stereocenters. The molecule has 156 valence electrons. The van der Waals surface area contributed by atoms with Gasteiger partial charge in [0.25, 0.3) is 0 Å². The average molecular weight is 502 g/mol. The van der Waals surface area contributed by atoms with Gasteiger partial charge in [-0.15, -0.1) is 0 Å². The number of halogens is 1. The zero-order chi connectivity index (χ0) is 20.0. The molecule has 2 fully saturated rings. The Labute approximate surface area is 181 Å². The summed E-state index contributed by atoms with van der Waals surface area (Å²) in [5.41, 5.74) is -0.316. The van der Waals surface area contributed by atoms with Crippen molar-refractivity contribution in [3.63, 3.8) is 0 Å². The highest BCUT2D eigenvalue weighted by molar-refractivity contribution is 14.1. The van der Waals surface area contributed by atoms with Crippen LogP contribution in [0.25, 0.3) is 0 Å². The van der Waals surface area contributed by atoms with Gasteiger partial charge < -0.3 is 24.6 Å². The molecule has 1 atom stereocenters. The summed E-state index contributed by atoms with van der Waals surface area (Å²) < 4.78 is 11.9. The first-order valence-electron chi connectivity index (χ1n) is 10.2. The Kier molecular flexibility index (Phi) is 7.62. The number of pyridine rings is 1. The van der Waals surface area contributed by atoms with Crippen molar-refractivity contribution < 1.29 is 14.3 Å². The molecule has 0 saturated carbocycles. The van der Waals surface area contributed by atoms with Crippen LogP contribution in [0.3, 0.4) is 0 Å². The van der Waals surface area contributed by atoms with E-state index >= 15 is 0 Å². The molecule has 2 aliphatic heterocycles. The lowest BCUT2D eigenvalue weighted by atomic mass is 9.91. The second-order valence-corrected chi connectivity index (χ2v) is 9.05. The van der Waals surface area contributed by atoms with E-state index in [1.54, 1.807) is 0 Å². The van der Waals surface area contributed by atoms with Crippen molar-refractivity contribution in [3.8, 4) is 0 Å². The predicted octanol–water partition coefficient (Wildman–Crippen LogP) is 3.41. The first-order chi connectivity index (χ1) is 13.5. The molecular weight excluding hydrogens is 471 g/mol. The lowest BCUT2D eigenvalue weighted by Gasteiger charge is -2.41. The van der Waals surface area contributed by atoms with Gasteiger partial charge >= 0.3 is 6.09 Å². The molecular formula is C20H31IN4O3. The Morgan fingerprint density at radius 1 is 1.29 bits per heavy atom. The number of nitrogens with one attached hydrogen (secondary N) is 1. The van der Waals surface area contributed by atoms with Crippen LogP contribution in [-0.2, 0) is 9.47 Å². The topological polar surface area (TPSA) is 66.9 Å². The maximum absolute atomic E-state index is 12.2. The van der Waals surface area contributed by atoms with Crippen molar-refractivity contribution in [3.05, 3.63) is 15.7 Å². The fourth-order valence-electron chi connectivity index (χ4n) is 3.72. The summed E-state index contributed by atoms with van der Waals surface area (Å²) in [6, 6.07) is 4.25. The number of unbranched alkanes of at least 4 members (excludes halogenated alkanes) is 1. The van der Waals surface area contributed by atoms with E-state index in [2.05, 4.69) is 63.7 Å². The Bertz CT molecular complexity index is 669. The number of piperidine rings is 1. The zero-order valence-corrected chi connectivity index (χ0v) is 19.0. The fourth-order valence-corrected chi connectivity index (χ4v) is 4.27. The molecule has 0 spiro atoms. The molecule has 1 aromatic heterocycles. The van der Waals surface area contributed by atoms with Gasteiger partial charge in [-0.3, -0.25) is 0 Å². The number of hydrogen-bond donors (Lipinski definition) is 1. The van der Waals surface area contributed by atoms with Crippen molar-refractivity contribution in [1.82, 2.24) is 10.3 Å². The number of carbonyl (C=O) groups excluding carboxylic acids is 1. The van der Waals surface area contributed by atoms with E-state index in [1.807, 2.05) is 0 Å². The largest absolute Gasteiger partial charge is 0.450 e. The Morgan fingerprint density at radius 3 is 2.71 bits per heavy atom. The molecule has 3 rings (SSSR count).